The number of hydrazone groups is 1. The van der Waals surface area contributed by atoms with Gasteiger partial charge in [0, 0.05) is 25.3 Å². The highest BCUT2D eigenvalue weighted by atomic mass is 32.1. The van der Waals surface area contributed by atoms with Crippen LogP contribution in [0.15, 0.2) is 29.4 Å². The summed E-state index contributed by atoms with van der Waals surface area (Å²) in [5.41, 5.74) is 6.12. The lowest BCUT2D eigenvalue weighted by atomic mass is 10.1. The first-order valence-electron chi connectivity index (χ1n) is 5.05. The van der Waals surface area contributed by atoms with E-state index in [-0.39, 0.29) is 0 Å². The SMILES string of the molecule is CN(C)C(=S)N/N=C1\CNc2ccccc21. The summed E-state index contributed by atoms with van der Waals surface area (Å²) < 4.78 is 0. The number of thiocarbonyl (C=S) groups is 1. The van der Waals surface area contributed by atoms with Crippen LogP contribution in [0.4, 0.5) is 5.69 Å². The summed E-state index contributed by atoms with van der Waals surface area (Å²) in [6.45, 7) is 0.738. The second-order valence-corrected chi connectivity index (χ2v) is 4.16. The van der Waals surface area contributed by atoms with Gasteiger partial charge in [0.25, 0.3) is 0 Å². The molecule has 0 aliphatic carbocycles. The molecule has 1 aliphatic heterocycles. The molecule has 16 heavy (non-hydrogen) atoms. The zero-order valence-electron chi connectivity index (χ0n) is 9.32. The maximum Gasteiger partial charge on any atom is 0.189 e. The van der Waals surface area contributed by atoms with Crippen LogP contribution in [0.5, 0.6) is 0 Å². The molecule has 0 bridgehead atoms. The lowest BCUT2D eigenvalue weighted by Gasteiger charge is -2.12. The molecule has 2 rings (SSSR count). The third-order valence-corrected chi connectivity index (χ3v) is 2.83. The fraction of sp³-hybridized carbons (Fsp3) is 0.273. The number of para-hydroxylation sites is 1. The van der Waals surface area contributed by atoms with E-state index >= 15 is 0 Å². The third kappa shape index (κ3) is 2.14. The Morgan fingerprint density at radius 1 is 1.44 bits per heavy atom. The standard InChI is InChI=1S/C11H14N4S/c1-15(2)11(16)14-13-10-7-12-9-6-4-3-5-8(9)10/h3-6,12H,7H2,1-2H3,(H,14,16)/b13-10+. The van der Waals surface area contributed by atoms with Gasteiger partial charge in [-0.1, -0.05) is 18.2 Å². The molecule has 0 fully saturated rings. The van der Waals surface area contributed by atoms with Crippen molar-refractivity contribution in [3.8, 4) is 0 Å². The van der Waals surface area contributed by atoms with Crippen LogP contribution >= 0.6 is 12.2 Å². The monoisotopic (exact) mass is 234 g/mol. The number of nitrogens with zero attached hydrogens (tertiary/aromatic N) is 2. The number of benzene rings is 1. The Bertz CT molecular complexity index is 439. The smallest absolute Gasteiger partial charge is 0.189 e. The van der Waals surface area contributed by atoms with Crippen LogP contribution in [0.1, 0.15) is 5.56 Å². The Balaban J connectivity index is 2.13. The zero-order chi connectivity index (χ0) is 11.5. The van der Waals surface area contributed by atoms with Gasteiger partial charge in [-0.2, -0.15) is 5.10 Å². The number of rotatable bonds is 1. The summed E-state index contributed by atoms with van der Waals surface area (Å²) in [4.78, 5) is 1.81. The Morgan fingerprint density at radius 3 is 2.94 bits per heavy atom. The molecular weight excluding hydrogens is 220 g/mol. The van der Waals surface area contributed by atoms with E-state index in [0.717, 1.165) is 23.5 Å². The largest absolute Gasteiger partial charge is 0.379 e. The summed E-state index contributed by atoms with van der Waals surface area (Å²) >= 11 is 5.10. The Kier molecular flexibility index (Phi) is 3.05. The molecule has 0 spiro atoms. The van der Waals surface area contributed by atoms with E-state index in [1.807, 2.05) is 37.2 Å². The quantitative estimate of drug-likeness (QED) is 0.567. The normalized spacial score (nSPS) is 15.5. The number of nitrogens with one attached hydrogen (secondary N) is 2. The van der Waals surface area contributed by atoms with E-state index in [9.17, 15) is 0 Å². The lowest BCUT2D eigenvalue weighted by Crippen LogP contribution is -2.31. The van der Waals surface area contributed by atoms with Crippen LogP contribution in [-0.4, -0.2) is 36.4 Å². The van der Waals surface area contributed by atoms with Crippen LogP contribution in [0.3, 0.4) is 0 Å². The topological polar surface area (TPSA) is 39.7 Å². The van der Waals surface area contributed by atoms with Crippen LogP contribution in [0, 0.1) is 0 Å². The predicted octanol–water partition coefficient (Wildman–Crippen LogP) is 1.25. The molecule has 0 unspecified atom stereocenters. The number of fused-ring (bicyclic) bond motifs is 1. The first kappa shape index (κ1) is 10.9. The van der Waals surface area contributed by atoms with Crippen molar-refractivity contribution >= 4 is 28.7 Å². The summed E-state index contributed by atoms with van der Waals surface area (Å²) in [6, 6.07) is 8.11. The molecule has 84 valence electrons. The van der Waals surface area contributed by atoms with Gasteiger partial charge in [0.2, 0.25) is 0 Å². The minimum absolute atomic E-state index is 0.608. The van der Waals surface area contributed by atoms with Gasteiger partial charge in [-0.05, 0) is 18.3 Å². The van der Waals surface area contributed by atoms with E-state index < -0.39 is 0 Å². The van der Waals surface area contributed by atoms with Gasteiger partial charge in [-0.25, -0.2) is 0 Å². The molecule has 0 radical (unpaired) electrons. The van der Waals surface area contributed by atoms with E-state index in [2.05, 4.69) is 21.9 Å². The molecule has 0 saturated carbocycles. The Hall–Kier alpha value is -1.62. The molecule has 1 aromatic rings. The maximum absolute atomic E-state index is 5.10. The fourth-order valence-electron chi connectivity index (χ4n) is 1.48. The number of hydrogen-bond acceptors (Lipinski definition) is 3. The van der Waals surface area contributed by atoms with Gasteiger partial charge < -0.3 is 10.2 Å². The van der Waals surface area contributed by atoms with Crippen molar-refractivity contribution in [1.29, 1.82) is 0 Å². The molecular formula is C11H14N4S. The van der Waals surface area contributed by atoms with Crippen molar-refractivity contribution in [2.24, 2.45) is 5.10 Å². The molecule has 0 atom stereocenters. The molecule has 0 amide bonds. The van der Waals surface area contributed by atoms with Gasteiger partial charge in [-0.15, -0.1) is 0 Å². The summed E-state index contributed by atoms with van der Waals surface area (Å²) in [5, 5.41) is 8.19. The highest BCUT2D eigenvalue weighted by Crippen LogP contribution is 2.21. The van der Waals surface area contributed by atoms with Crippen LogP contribution < -0.4 is 10.7 Å². The van der Waals surface area contributed by atoms with Crippen LogP contribution in [0.2, 0.25) is 0 Å². The zero-order valence-corrected chi connectivity index (χ0v) is 10.1. The van der Waals surface area contributed by atoms with Gasteiger partial charge in [0.15, 0.2) is 5.11 Å². The first-order valence-corrected chi connectivity index (χ1v) is 5.46. The molecule has 1 aliphatic rings. The van der Waals surface area contributed by atoms with Gasteiger partial charge in [0.1, 0.15) is 0 Å². The van der Waals surface area contributed by atoms with Crippen molar-refractivity contribution in [3.05, 3.63) is 29.8 Å². The average Bonchev–Trinajstić information content (AvgIpc) is 2.69. The summed E-state index contributed by atoms with van der Waals surface area (Å²) in [5.74, 6) is 0. The van der Waals surface area contributed by atoms with E-state index in [1.54, 1.807) is 0 Å². The van der Waals surface area contributed by atoms with Gasteiger partial charge in [0.05, 0.1) is 12.3 Å². The van der Waals surface area contributed by atoms with E-state index in [0.29, 0.717) is 5.11 Å². The number of hydrogen-bond donors (Lipinski definition) is 2. The number of anilines is 1. The Labute approximate surface area is 100 Å². The van der Waals surface area contributed by atoms with Crippen molar-refractivity contribution in [2.75, 3.05) is 26.0 Å². The second kappa shape index (κ2) is 4.49. The lowest BCUT2D eigenvalue weighted by molar-refractivity contribution is 0.606. The highest BCUT2D eigenvalue weighted by Gasteiger charge is 2.16. The highest BCUT2D eigenvalue weighted by molar-refractivity contribution is 7.80. The average molecular weight is 234 g/mol. The molecule has 1 heterocycles. The molecule has 5 heteroatoms. The van der Waals surface area contributed by atoms with Gasteiger partial charge in [-0.3, -0.25) is 5.43 Å². The first-order chi connectivity index (χ1) is 7.68. The minimum atomic E-state index is 0.608. The minimum Gasteiger partial charge on any atom is -0.379 e. The van der Waals surface area contributed by atoms with Crippen molar-refractivity contribution in [3.63, 3.8) is 0 Å². The van der Waals surface area contributed by atoms with Crippen LogP contribution in [-0.2, 0) is 0 Å². The molecule has 4 nitrogen and oxygen atoms in total. The fourth-order valence-corrected chi connectivity index (χ4v) is 1.52. The molecule has 0 saturated heterocycles. The second-order valence-electron chi connectivity index (χ2n) is 3.77. The van der Waals surface area contributed by atoms with Crippen molar-refractivity contribution in [2.45, 2.75) is 0 Å². The van der Waals surface area contributed by atoms with Crippen molar-refractivity contribution < 1.29 is 0 Å². The summed E-state index contributed by atoms with van der Waals surface area (Å²) in [6.07, 6.45) is 0. The molecule has 0 aromatic heterocycles. The molecule has 1 aromatic carbocycles. The van der Waals surface area contributed by atoms with Crippen LogP contribution in [0.25, 0.3) is 0 Å². The van der Waals surface area contributed by atoms with Crippen molar-refractivity contribution in [1.82, 2.24) is 10.3 Å². The maximum atomic E-state index is 5.10. The predicted molar refractivity (Wildman–Crippen MR) is 70.9 cm³/mol. The van der Waals surface area contributed by atoms with Gasteiger partial charge >= 0.3 is 0 Å². The van der Waals surface area contributed by atoms with E-state index in [1.165, 1.54) is 0 Å². The molecule has 2 N–H and O–H groups in total. The Morgan fingerprint density at radius 2 is 2.19 bits per heavy atom. The van der Waals surface area contributed by atoms with E-state index in [4.69, 9.17) is 12.2 Å². The summed E-state index contributed by atoms with van der Waals surface area (Å²) in [7, 11) is 3.77. The third-order valence-electron chi connectivity index (χ3n) is 2.38.